The van der Waals surface area contributed by atoms with Crippen LogP contribution in [0.5, 0.6) is 0 Å². The number of hydrogen-bond donors (Lipinski definition) is 1. The maximum absolute atomic E-state index is 12.1. The summed E-state index contributed by atoms with van der Waals surface area (Å²) in [6.45, 7) is 12.4. The van der Waals surface area contributed by atoms with Gasteiger partial charge in [0.25, 0.3) is 0 Å². The summed E-state index contributed by atoms with van der Waals surface area (Å²) in [5.74, 6) is 0.598. The van der Waals surface area contributed by atoms with Crippen LogP contribution in [0.2, 0.25) is 0 Å². The fraction of sp³-hybridized carbons (Fsp3) is 0.929. The monoisotopic (exact) mass is 255 g/mol. The van der Waals surface area contributed by atoms with Crippen molar-refractivity contribution in [1.82, 2.24) is 9.80 Å². The Labute approximate surface area is 111 Å². The molecule has 2 N–H and O–H groups in total. The summed E-state index contributed by atoms with van der Waals surface area (Å²) in [6, 6.07) is 0.532. The van der Waals surface area contributed by atoms with Crippen molar-refractivity contribution >= 4 is 5.91 Å². The van der Waals surface area contributed by atoms with E-state index < -0.39 is 0 Å². The molecule has 0 saturated carbocycles. The summed E-state index contributed by atoms with van der Waals surface area (Å²) < 4.78 is 0. The molecule has 1 aliphatic heterocycles. The third kappa shape index (κ3) is 3.95. The van der Waals surface area contributed by atoms with Gasteiger partial charge in [0.2, 0.25) is 5.91 Å². The topological polar surface area (TPSA) is 49.6 Å². The second-order valence-corrected chi connectivity index (χ2v) is 5.62. The number of amides is 1. The van der Waals surface area contributed by atoms with E-state index in [1.165, 1.54) is 0 Å². The molecule has 1 aliphatic rings. The van der Waals surface area contributed by atoms with Crippen molar-refractivity contribution in [1.29, 1.82) is 0 Å². The number of nitrogens with two attached hydrogens (primary N) is 1. The molecule has 0 spiro atoms. The van der Waals surface area contributed by atoms with Gasteiger partial charge >= 0.3 is 0 Å². The first kappa shape index (κ1) is 15.4. The molecular weight excluding hydrogens is 226 g/mol. The zero-order valence-electron chi connectivity index (χ0n) is 12.4. The van der Waals surface area contributed by atoms with Crippen LogP contribution < -0.4 is 5.73 Å². The van der Waals surface area contributed by atoms with Crippen LogP contribution in [-0.2, 0) is 4.79 Å². The summed E-state index contributed by atoms with van der Waals surface area (Å²) in [4.78, 5) is 16.6. The normalized spacial score (nSPS) is 21.9. The minimum absolute atomic E-state index is 0.00926. The van der Waals surface area contributed by atoms with Crippen molar-refractivity contribution < 1.29 is 4.79 Å². The van der Waals surface area contributed by atoms with Crippen molar-refractivity contribution in [3.05, 3.63) is 0 Å². The van der Waals surface area contributed by atoms with Crippen molar-refractivity contribution in [3.63, 3.8) is 0 Å². The van der Waals surface area contributed by atoms with E-state index in [4.69, 9.17) is 5.73 Å². The summed E-state index contributed by atoms with van der Waals surface area (Å²) in [5, 5.41) is 0. The van der Waals surface area contributed by atoms with Gasteiger partial charge in [-0.1, -0.05) is 27.7 Å². The summed E-state index contributed by atoms with van der Waals surface area (Å²) in [6.07, 6.45) is 1.59. The second-order valence-electron chi connectivity index (χ2n) is 5.62. The van der Waals surface area contributed by atoms with Gasteiger partial charge in [-0.05, 0) is 25.4 Å². The predicted molar refractivity (Wildman–Crippen MR) is 75.3 cm³/mol. The highest BCUT2D eigenvalue weighted by Gasteiger charge is 2.29. The third-order valence-corrected chi connectivity index (χ3v) is 4.11. The van der Waals surface area contributed by atoms with Gasteiger partial charge in [-0.3, -0.25) is 9.69 Å². The van der Waals surface area contributed by atoms with Gasteiger partial charge in [-0.15, -0.1) is 0 Å². The first-order valence-corrected chi connectivity index (χ1v) is 7.26. The lowest BCUT2D eigenvalue weighted by Gasteiger charge is -2.26. The molecular formula is C14H29N3O. The molecule has 0 aliphatic carbocycles. The Hall–Kier alpha value is -0.610. The van der Waals surface area contributed by atoms with E-state index in [2.05, 4.69) is 32.6 Å². The van der Waals surface area contributed by atoms with E-state index in [0.29, 0.717) is 18.4 Å². The van der Waals surface area contributed by atoms with E-state index >= 15 is 0 Å². The Morgan fingerprint density at radius 2 is 2.00 bits per heavy atom. The maximum atomic E-state index is 12.1. The van der Waals surface area contributed by atoms with Crippen LogP contribution in [0.1, 0.15) is 40.5 Å². The van der Waals surface area contributed by atoms with E-state index in [9.17, 15) is 4.79 Å². The Kier molecular flexibility index (Phi) is 6.09. The fourth-order valence-corrected chi connectivity index (χ4v) is 2.57. The van der Waals surface area contributed by atoms with Gasteiger partial charge in [-0.25, -0.2) is 0 Å². The van der Waals surface area contributed by atoms with Gasteiger partial charge in [0.05, 0.1) is 0 Å². The fourth-order valence-electron chi connectivity index (χ4n) is 2.57. The Balaban J connectivity index is 2.43. The molecule has 1 saturated heterocycles. The predicted octanol–water partition coefficient (Wildman–Crippen LogP) is 1.30. The number of carbonyl (C=O) groups is 1. The number of carbonyl (C=O) groups excluding carboxylic acids is 1. The lowest BCUT2D eigenvalue weighted by Crippen LogP contribution is -2.40. The number of likely N-dealkylation sites (N-methyl/N-ethyl adjacent to an activating group) is 1. The second kappa shape index (κ2) is 7.10. The lowest BCUT2D eigenvalue weighted by atomic mass is 10.0. The first-order chi connectivity index (χ1) is 8.49. The molecule has 1 heterocycles. The molecule has 1 amide bonds. The van der Waals surface area contributed by atoms with Crippen LogP contribution in [0, 0.1) is 5.92 Å². The third-order valence-electron chi connectivity index (χ3n) is 4.11. The highest BCUT2D eigenvalue weighted by Crippen LogP contribution is 2.17. The first-order valence-electron chi connectivity index (χ1n) is 7.26. The SMILES string of the molecule is CCN(CC)C1CCN(C(=O)CC(N)C(C)C)C1. The van der Waals surface area contributed by atoms with Gasteiger partial charge in [-0.2, -0.15) is 0 Å². The Morgan fingerprint density at radius 1 is 1.39 bits per heavy atom. The standard InChI is InChI=1S/C14H29N3O/c1-5-16(6-2)12-7-8-17(10-12)14(18)9-13(15)11(3)4/h11-13H,5-10,15H2,1-4H3. The van der Waals surface area contributed by atoms with Crippen molar-refractivity contribution in [3.8, 4) is 0 Å². The van der Waals surface area contributed by atoms with Crippen LogP contribution in [-0.4, -0.2) is 54.0 Å². The van der Waals surface area contributed by atoms with E-state index in [-0.39, 0.29) is 11.9 Å². The van der Waals surface area contributed by atoms with Gasteiger partial charge in [0.1, 0.15) is 0 Å². The van der Waals surface area contributed by atoms with Gasteiger partial charge in [0, 0.05) is 31.6 Å². The van der Waals surface area contributed by atoms with Crippen molar-refractivity contribution in [2.45, 2.75) is 52.6 Å². The molecule has 0 aromatic carbocycles. The zero-order chi connectivity index (χ0) is 13.7. The molecule has 2 atom stereocenters. The minimum Gasteiger partial charge on any atom is -0.341 e. The van der Waals surface area contributed by atoms with Crippen LogP contribution >= 0.6 is 0 Å². The van der Waals surface area contributed by atoms with Crippen LogP contribution in [0.4, 0.5) is 0 Å². The molecule has 18 heavy (non-hydrogen) atoms. The van der Waals surface area contributed by atoms with Gasteiger partial charge in [0.15, 0.2) is 0 Å². The Morgan fingerprint density at radius 3 is 2.50 bits per heavy atom. The Bertz CT molecular complexity index is 264. The molecule has 0 aromatic heterocycles. The van der Waals surface area contributed by atoms with Crippen LogP contribution in [0.3, 0.4) is 0 Å². The summed E-state index contributed by atoms with van der Waals surface area (Å²) in [7, 11) is 0. The quantitative estimate of drug-likeness (QED) is 0.778. The number of rotatable bonds is 6. The molecule has 106 valence electrons. The summed E-state index contributed by atoms with van der Waals surface area (Å²) >= 11 is 0. The van der Waals surface area contributed by atoms with E-state index in [0.717, 1.165) is 32.6 Å². The highest BCUT2D eigenvalue weighted by atomic mass is 16.2. The van der Waals surface area contributed by atoms with Crippen molar-refractivity contribution in [2.24, 2.45) is 11.7 Å². The minimum atomic E-state index is -0.00926. The average Bonchev–Trinajstić information content (AvgIpc) is 2.80. The zero-order valence-corrected chi connectivity index (χ0v) is 12.4. The largest absolute Gasteiger partial charge is 0.341 e. The molecule has 0 aromatic rings. The summed E-state index contributed by atoms with van der Waals surface area (Å²) in [5.41, 5.74) is 5.97. The average molecular weight is 255 g/mol. The van der Waals surface area contributed by atoms with E-state index in [1.807, 2.05) is 4.90 Å². The number of nitrogens with zero attached hydrogens (tertiary/aromatic N) is 2. The lowest BCUT2D eigenvalue weighted by molar-refractivity contribution is -0.130. The maximum Gasteiger partial charge on any atom is 0.224 e. The molecule has 2 unspecified atom stereocenters. The van der Waals surface area contributed by atoms with E-state index in [1.54, 1.807) is 0 Å². The highest BCUT2D eigenvalue weighted by molar-refractivity contribution is 5.77. The number of likely N-dealkylation sites (tertiary alicyclic amines) is 1. The molecule has 4 heteroatoms. The van der Waals surface area contributed by atoms with Crippen molar-refractivity contribution in [2.75, 3.05) is 26.2 Å². The molecule has 4 nitrogen and oxygen atoms in total. The van der Waals surface area contributed by atoms with Gasteiger partial charge < -0.3 is 10.6 Å². The molecule has 1 rings (SSSR count). The molecule has 0 bridgehead atoms. The smallest absolute Gasteiger partial charge is 0.224 e. The number of hydrogen-bond acceptors (Lipinski definition) is 3. The molecule has 1 fully saturated rings. The van der Waals surface area contributed by atoms with Crippen LogP contribution in [0.15, 0.2) is 0 Å². The molecule has 0 radical (unpaired) electrons. The van der Waals surface area contributed by atoms with Crippen LogP contribution in [0.25, 0.3) is 0 Å².